The molecule has 0 saturated carbocycles. The van der Waals surface area contributed by atoms with Gasteiger partial charge in [0.2, 0.25) is 0 Å². The van der Waals surface area contributed by atoms with E-state index in [0.29, 0.717) is 0 Å². The molecular formula is C10H15N3. The van der Waals surface area contributed by atoms with Gasteiger partial charge in [0.25, 0.3) is 0 Å². The Morgan fingerprint density at radius 3 is 2.77 bits per heavy atom. The fourth-order valence-electron chi connectivity index (χ4n) is 0.942. The highest BCUT2D eigenvalue weighted by Gasteiger charge is 1.93. The van der Waals surface area contributed by atoms with Crippen molar-refractivity contribution in [2.75, 3.05) is 0 Å². The maximum atomic E-state index is 5.75. The zero-order valence-corrected chi connectivity index (χ0v) is 7.85. The second-order valence-corrected chi connectivity index (χ2v) is 2.98. The minimum atomic E-state index is 0.265. The fourth-order valence-corrected chi connectivity index (χ4v) is 0.942. The molecule has 3 nitrogen and oxygen atoms in total. The van der Waals surface area contributed by atoms with Crippen LogP contribution in [0, 0.1) is 0 Å². The maximum Gasteiger partial charge on any atom is 0.115 e. The Morgan fingerprint density at radius 2 is 2.15 bits per heavy atom. The molecular weight excluding hydrogens is 162 g/mol. The van der Waals surface area contributed by atoms with Gasteiger partial charge < -0.3 is 5.73 Å². The summed E-state index contributed by atoms with van der Waals surface area (Å²) in [4.78, 5) is 7.82. The van der Waals surface area contributed by atoms with Crippen molar-refractivity contribution in [1.82, 2.24) is 9.97 Å². The van der Waals surface area contributed by atoms with Crippen LogP contribution in [0.2, 0.25) is 0 Å². The van der Waals surface area contributed by atoms with Crippen molar-refractivity contribution in [2.45, 2.75) is 25.8 Å². The molecule has 0 saturated heterocycles. The average Bonchev–Trinajstić information content (AvgIpc) is 2.19. The van der Waals surface area contributed by atoms with Crippen molar-refractivity contribution in [3.8, 4) is 0 Å². The number of rotatable bonds is 4. The number of nitrogens with two attached hydrogens (primary N) is 1. The number of hydrogen-bond acceptors (Lipinski definition) is 3. The smallest absolute Gasteiger partial charge is 0.115 e. The first-order chi connectivity index (χ1) is 6.33. The van der Waals surface area contributed by atoms with Gasteiger partial charge in [-0.1, -0.05) is 19.1 Å². The molecule has 3 heteroatoms. The van der Waals surface area contributed by atoms with E-state index in [1.165, 1.54) is 6.33 Å². The lowest BCUT2D eigenvalue weighted by molar-refractivity contribution is 0.660. The zero-order chi connectivity index (χ0) is 9.52. The van der Waals surface area contributed by atoms with Crippen molar-refractivity contribution in [1.29, 1.82) is 0 Å². The number of nitrogens with zero attached hydrogens (tertiary/aromatic N) is 2. The third kappa shape index (κ3) is 3.80. The zero-order valence-electron chi connectivity index (χ0n) is 7.85. The van der Waals surface area contributed by atoms with Crippen LogP contribution in [-0.2, 0) is 0 Å². The minimum Gasteiger partial charge on any atom is -0.327 e. The van der Waals surface area contributed by atoms with Gasteiger partial charge in [0, 0.05) is 24.0 Å². The summed E-state index contributed by atoms with van der Waals surface area (Å²) in [7, 11) is 0. The molecule has 0 aliphatic carbocycles. The van der Waals surface area contributed by atoms with Gasteiger partial charge in [-0.05, 0) is 12.8 Å². The quantitative estimate of drug-likeness (QED) is 0.760. The van der Waals surface area contributed by atoms with E-state index in [1.807, 2.05) is 6.08 Å². The Balaban J connectivity index is 2.41. The molecule has 0 spiro atoms. The molecule has 0 aliphatic heterocycles. The van der Waals surface area contributed by atoms with E-state index in [9.17, 15) is 0 Å². The van der Waals surface area contributed by atoms with Gasteiger partial charge in [0.1, 0.15) is 6.33 Å². The third-order valence-electron chi connectivity index (χ3n) is 1.85. The second kappa shape index (κ2) is 5.43. The summed E-state index contributed by atoms with van der Waals surface area (Å²) >= 11 is 0. The third-order valence-corrected chi connectivity index (χ3v) is 1.85. The van der Waals surface area contributed by atoms with Crippen LogP contribution < -0.4 is 5.73 Å². The van der Waals surface area contributed by atoms with Crippen LogP contribution in [-0.4, -0.2) is 16.0 Å². The van der Waals surface area contributed by atoms with Gasteiger partial charge in [0.15, 0.2) is 0 Å². The Kier molecular flexibility index (Phi) is 4.12. The maximum absolute atomic E-state index is 5.75. The van der Waals surface area contributed by atoms with Gasteiger partial charge >= 0.3 is 0 Å². The summed E-state index contributed by atoms with van der Waals surface area (Å²) in [5, 5.41) is 0. The summed E-state index contributed by atoms with van der Waals surface area (Å²) in [6.45, 7) is 2.09. The van der Waals surface area contributed by atoms with Crippen LogP contribution >= 0.6 is 0 Å². The van der Waals surface area contributed by atoms with E-state index >= 15 is 0 Å². The summed E-state index contributed by atoms with van der Waals surface area (Å²) in [5.41, 5.74) is 6.77. The summed E-state index contributed by atoms with van der Waals surface area (Å²) in [6, 6.07) is 0.265. The Labute approximate surface area is 78.7 Å². The van der Waals surface area contributed by atoms with Crippen molar-refractivity contribution in [3.63, 3.8) is 0 Å². The highest BCUT2D eigenvalue weighted by molar-refractivity contribution is 5.45. The molecule has 0 aromatic carbocycles. The lowest BCUT2D eigenvalue weighted by atomic mass is 10.1. The van der Waals surface area contributed by atoms with Crippen LogP contribution in [0.5, 0.6) is 0 Å². The van der Waals surface area contributed by atoms with Gasteiger partial charge in [-0.2, -0.15) is 0 Å². The highest BCUT2D eigenvalue weighted by atomic mass is 14.8. The van der Waals surface area contributed by atoms with Gasteiger partial charge in [-0.15, -0.1) is 0 Å². The number of aromatic nitrogens is 2. The first-order valence-electron chi connectivity index (χ1n) is 4.50. The van der Waals surface area contributed by atoms with E-state index in [4.69, 9.17) is 5.73 Å². The first-order valence-corrected chi connectivity index (χ1v) is 4.50. The van der Waals surface area contributed by atoms with Gasteiger partial charge in [-0.3, -0.25) is 0 Å². The molecule has 0 bridgehead atoms. The first kappa shape index (κ1) is 9.86. The molecule has 0 amide bonds. The molecule has 1 aromatic rings. The lowest BCUT2D eigenvalue weighted by Crippen LogP contribution is -2.16. The van der Waals surface area contributed by atoms with Crippen molar-refractivity contribution in [3.05, 3.63) is 30.4 Å². The molecule has 0 radical (unpaired) electrons. The SMILES string of the molecule is CCC(N)C/C=C/c1cncnc1. The van der Waals surface area contributed by atoms with Crippen molar-refractivity contribution >= 4 is 6.08 Å². The molecule has 1 atom stereocenters. The second-order valence-electron chi connectivity index (χ2n) is 2.98. The van der Waals surface area contributed by atoms with Crippen molar-refractivity contribution < 1.29 is 0 Å². The summed E-state index contributed by atoms with van der Waals surface area (Å²) < 4.78 is 0. The monoisotopic (exact) mass is 177 g/mol. The van der Waals surface area contributed by atoms with E-state index in [2.05, 4.69) is 23.0 Å². The predicted octanol–water partition coefficient (Wildman–Crippen LogP) is 1.62. The molecule has 13 heavy (non-hydrogen) atoms. The van der Waals surface area contributed by atoms with Crippen LogP contribution in [0.15, 0.2) is 24.8 Å². The van der Waals surface area contributed by atoms with E-state index in [-0.39, 0.29) is 6.04 Å². The largest absolute Gasteiger partial charge is 0.327 e. The number of hydrogen-bond donors (Lipinski definition) is 1. The lowest BCUT2D eigenvalue weighted by Gasteiger charge is -2.02. The van der Waals surface area contributed by atoms with Crippen LogP contribution in [0.25, 0.3) is 6.08 Å². The van der Waals surface area contributed by atoms with Crippen LogP contribution in [0.3, 0.4) is 0 Å². The topological polar surface area (TPSA) is 51.8 Å². The molecule has 1 rings (SSSR count). The van der Waals surface area contributed by atoms with Crippen LogP contribution in [0.1, 0.15) is 25.3 Å². The molecule has 0 fully saturated rings. The van der Waals surface area contributed by atoms with Gasteiger partial charge in [-0.25, -0.2) is 9.97 Å². The predicted molar refractivity (Wildman–Crippen MR) is 53.9 cm³/mol. The van der Waals surface area contributed by atoms with Gasteiger partial charge in [0.05, 0.1) is 0 Å². The summed E-state index contributed by atoms with van der Waals surface area (Å²) in [6.07, 6.45) is 11.1. The van der Waals surface area contributed by atoms with Crippen molar-refractivity contribution in [2.24, 2.45) is 5.73 Å². The molecule has 1 aromatic heterocycles. The van der Waals surface area contributed by atoms with Crippen LogP contribution in [0.4, 0.5) is 0 Å². The summed E-state index contributed by atoms with van der Waals surface area (Å²) in [5.74, 6) is 0. The Bertz CT molecular complexity index is 256. The standard InChI is InChI=1S/C10H15N3/c1-2-10(11)5-3-4-9-6-12-8-13-7-9/h3-4,6-8,10H,2,5,11H2,1H3/b4-3+. The minimum absolute atomic E-state index is 0.265. The highest BCUT2D eigenvalue weighted by Crippen LogP contribution is 2.00. The molecule has 70 valence electrons. The van der Waals surface area contributed by atoms with E-state index < -0.39 is 0 Å². The molecule has 0 aliphatic rings. The Hall–Kier alpha value is -1.22. The molecule has 1 heterocycles. The molecule has 1 unspecified atom stereocenters. The van der Waals surface area contributed by atoms with E-state index in [0.717, 1.165) is 18.4 Å². The Morgan fingerprint density at radius 1 is 1.46 bits per heavy atom. The fraction of sp³-hybridized carbons (Fsp3) is 0.400. The normalized spacial score (nSPS) is 13.4. The average molecular weight is 177 g/mol. The van der Waals surface area contributed by atoms with E-state index in [1.54, 1.807) is 12.4 Å². The molecule has 2 N–H and O–H groups in total.